The van der Waals surface area contributed by atoms with E-state index in [9.17, 15) is 13.2 Å². The van der Waals surface area contributed by atoms with Crippen LogP contribution in [-0.4, -0.2) is 84.4 Å². The highest BCUT2D eigenvalue weighted by atomic mass is 32.2. The molecule has 146 valence electrons. The molecule has 1 aromatic carbocycles. The largest absolute Gasteiger partial charge is 0.493 e. The Bertz CT molecular complexity index is 758. The molecular weight excluding hydrogens is 358 g/mol. The van der Waals surface area contributed by atoms with Crippen molar-refractivity contribution in [3.8, 4) is 11.5 Å². The van der Waals surface area contributed by atoms with Crippen molar-refractivity contribution in [3.05, 3.63) is 17.7 Å². The summed E-state index contributed by atoms with van der Waals surface area (Å²) in [6, 6.07) is 3.11. The van der Waals surface area contributed by atoms with Gasteiger partial charge in [-0.1, -0.05) is 0 Å². The lowest BCUT2D eigenvalue weighted by molar-refractivity contribution is 0.0664. The summed E-state index contributed by atoms with van der Waals surface area (Å²) in [5.74, 6) is 0.550. The number of anilines is 1. The SMILES string of the molecule is CCN(c1cc(OC)c(OC)cc1C(=O)N1CCN(C)CC1)S(C)(=O)=O. The van der Waals surface area contributed by atoms with Crippen LogP contribution in [0.25, 0.3) is 0 Å². The molecule has 1 aliphatic rings. The highest BCUT2D eigenvalue weighted by Crippen LogP contribution is 2.36. The number of amides is 1. The van der Waals surface area contributed by atoms with Gasteiger partial charge in [-0.25, -0.2) is 8.42 Å². The number of carbonyl (C=O) groups excluding carboxylic acids is 1. The van der Waals surface area contributed by atoms with Crippen molar-refractivity contribution in [1.29, 1.82) is 0 Å². The van der Waals surface area contributed by atoms with Crippen LogP contribution in [0.5, 0.6) is 11.5 Å². The molecule has 1 aromatic rings. The fourth-order valence-corrected chi connectivity index (χ4v) is 3.99. The number of benzene rings is 1. The van der Waals surface area contributed by atoms with Crippen molar-refractivity contribution in [3.63, 3.8) is 0 Å². The van der Waals surface area contributed by atoms with Crippen LogP contribution in [0, 0.1) is 0 Å². The van der Waals surface area contributed by atoms with Crippen LogP contribution in [0.15, 0.2) is 12.1 Å². The first-order chi connectivity index (χ1) is 12.2. The first-order valence-corrected chi connectivity index (χ1v) is 10.3. The first-order valence-electron chi connectivity index (χ1n) is 8.44. The summed E-state index contributed by atoms with van der Waals surface area (Å²) in [5, 5.41) is 0. The van der Waals surface area contributed by atoms with E-state index in [0.717, 1.165) is 19.3 Å². The van der Waals surface area contributed by atoms with Gasteiger partial charge in [-0.2, -0.15) is 0 Å². The van der Waals surface area contributed by atoms with Gasteiger partial charge in [-0.3, -0.25) is 9.10 Å². The zero-order chi connectivity index (χ0) is 19.5. The minimum atomic E-state index is -3.55. The minimum absolute atomic E-state index is 0.206. The van der Waals surface area contributed by atoms with E-state index >= 15 is 0 Å². The number of carbonyl (C=O) groups is 1. The Balaban J connectivity index is 2.56. The number of likely N-dealkylation sites (N-methyl/N-ethyl adjacent to an activating group) is 1. The van der Waals surface area contributed by atoms with Crippen molar-refractivity contribution >= 4 is 21.6 Å². The zero-order valence-corrected chi connectivity index (χ0v) is 16.8. The van der Waals surface area contributed by atoms with Gasteiger partial charge in [0, 0.05) is 38.8 Å². The van der Waals surface area contributed by atoms with Gasteiger partial charge < -0.3 is 19.3 Å². The van der Waals surface area contributed by atoms with E-state index in [1.807, 2.05) is 7.05 Å². The standard InChI is InChI=1S/C17H27N3O5S/c1-6-20(26(5,22)23)14-12-16(25-4)15(24-3)11-13(14)17(21)19-9-7-18(2)8-10-19/h11-12H,6-10H2,1-5H3. The lowest BCUT2D eigenvalue weighted by atomic mass is 10.1. The van der Waals surface area contributed by atoms with Crippen molar-refractivity contribution in [2.45, 2.75) is 6.92 Å². The molecule has 2 rings (SSSR count). The second-order valence-corrected chi connectivity index (χ2v) is 8.15. The monoisotopic (exact) mass is 385 g/mol. The Kier molecular flexibility index (Phi) is 6.35. The molecule has 1 aliphatic heterocycles. The summed E-state index contributed by atoms with van der Waals surface area (Å²) in [5.41, 5.74) is 0.594. The van der Waals surface area contributed by atoms with Gasteiger partial charge in [0.25, 0.3) is 5.91 Å². The molecule has 1 amide bonds. The van der Waals surface area contributed by atoms with Crippen molar-refractivity contribution in [2.75, 3.05) is 64.6 Å². The fourth-order valence-electron chi connectivity index (χ4n) is 3.01. The van der Waals surface area contributed by atoms with Crippen LogP contribution in [-0.2, 0) is 10.0 Å². The van der Waals surface area contributed by atoms with Crippen molar-refractivity contribution in [2.24, 2.45) is 0 Å². The first kappa shape index (κ1) is 20.3. The molecule has 0 aromatic heterocycles. The summed E-state index contributed by atoms with van der Waals surface area (Å²) < 4.78 is 36.3. The molecule has 0 atom stereocenters. The molecule has 1 saturated heterocycles. The summed E-state index contributed by atoms with van der Waals surface area (Å²) in [7, 11) is 1.41. The van der Waals surface area contributed by atoms with Gasteiger partial charge in [-0.15, -0.1) is 0 Å². The molecule has 1 fully saturated rings. The molecule has 0 N–H and O–H groups in total. The normalized spacial score (nSPS) is 15.7. The molecule has 0 saturated carbocycles. The molecule has 0 aliphatic carbocycles. The van der Waals surface area contributed by atoms with Crippen LogP contribution >= 0.6 is 0 Å². The summed E-state index contributed by atoms with van der Waals surface area (Å²) in [6.45, 7) is 4.66. The lowest BCUT2D eigenvalue weighted by Crippen LogP contribution is -2.47. The van der Waals surface area contributed by atoms with E-state index in [0.29, 0.717) is 35.8 Å². The van der Waals surface area contributed by atoms with E-state index in [-0.39, 0.29) is 12.5 Å². The highest BCUT2D eigenvalue weighted by Gasteiger charge is 2.28. The molecule has 26 heavy (non-hydrogen) atoms. The van der Waals surface area contributed by atoms with Crippen LogP contribution < -0.4 is 13.8 Å². The lowest BCUT2D eigenvalue weighted by Gasteiger charge is -2.33. The third kappa shape index (κ3) is 4.21. The molecule has 0 bridgehead atoms. The third-order valence-corrected chi connectivity index (χ3v) is 5.73. The zero-order valence-electron chi connectivity index (χ0n) is 16.0. The number of hydrogen-bond donors (Lipinski definition) is 0. The van der Waals surface area contributed by atoms with Gasteiger partial charge in [-0.05, 0) is 20.0 Å². The molecular formula is C17H27N3O5S. The Morgan fingerprint density at radius 2 is 1.65 bits per heavy atom. The van der Waals surface area contributed by atoms with E-state index in [1.54, 1.807) is 24.0 Å². The maximum atomic E-state index is 13.1. The minimum Gasteiger partial charge on any atom is -0.493 e. The van der Waals surface area contributed by atoms with Gasteiger partial charge >= 0.3 is 0 Å². The summed E-state index contributed by atoms with van der Waals surface area (Å²) in [6.07, 6.45) is 1.12. The molecule has 0 unspecified atom stereocenters. The predicted octanol–water partition coefficient (Wildman–Crippen LogP) is 0.877. The number of sulfonamides is 1. The number of nitrogens with zero attached hydrogens (tertiary/aromatic N) is 3. The maximum absolute atomic E-state index is 13.1. The maximum Gasteiger partial charge on any atom is 0.256 e. The van der Waals surface area contributed by atoms with Gasteiger partial charge in [0.15, 0.2) is 11.5 Å². The van der Waals surface area contributed by atoms with Gasteiger partial charge in [0.05, 0.1) is 31.7 Å². The van der Waals surface area contributed by atoms with Crippen molar-refractivity contribution in [1.82, 2.24) is 9.80 Å². The molecule has 0 spiro atoms. The Labute approximate surface area is 155 Å². The molecule has 9 heteroatoms. The van der Waals surface area contributed by atoms with E-state index in [4.69, 9.17) is 9.47 Å². The number of hydrogen-bond acceptors (Lipinski definition) is 6. The topological polar surface area (TPSA) is 79.4 Å². The van der Waals surface area contributed by atoms with E-state index < -0.39 is 10.0 Å². The van der Waals surface area contributed by atoms with Crippen LogP contribution in [0.1, 0.15) is 17.3 Å². The van der Waals surface area contributed by atoms with E-state index in [1.165, 1.54) is 18.5 Å². The fraction of sp³-hybridized carbons (Fsp3) is 0.588. The van der Waals surface area contributed by atoms with Crippen molar-refractivity contribution < 1.29 is 22.7 Å². The van der Waals surface area contributed by atoms with Crippen LogP contribution in [0.4, 0.5) is 5.69 Å². The predicted molar refractivity (Wildman–Crippen MR) is 101 cm³/mol. The average Bonchev–Trinajstić information content (AvgIpc) is 2.60. The summed E-state index contributed by atoms with van der Waals surface area (Å²) >= 11 is 0. The third-order valence-electron chi connectivity index (χ3n) is 4.48. The molecule has 1 heterocycles. The smallest absolute Gasteiger partial charge is 0.256 e. The second-order valence-electron chi connectivity index (χ2n) is 6.25. The number of ether oxygens (including phenoxy) is 2. The summed E-state index contributed by atoms with van der Waals surface area (Å²) in [4.78, 5) is 17.0. The number of rotatable bonds is 6. The highest BCUT2D eigenvalue weighted by molar-refractivity contribution is 7.92. The Morgan fingerprint density at radius 3 is 2.12 bits per heavy atom. The van der Waals surface area contributed by atoms with Crippen LogP contribution in [0.3, 0.4) is 0 Å². The Hall–Kier alpha value is -2.00. The Morgan fingerprint density at radius 1 is 1.12 bits per heavy atom. The molecule has 0 radical (unpaired) electrons. The van der Waals surface area contributed by atoms with E-state index in [2.05, 4.69) is 4.90 Å². The number of methoxy groups -OCH3 is 2. The van der Waals surface area contributed by atoms with Crippen LogP contribution in [0.2, 0.25) is 0 Å². The van der Waals surface area contributed by atoms with Gasteiger partial charge in [0.2, 0.25) is 10.0 Å². The number of piperazine rings is 1. The molecule has 8 nitrogen and oxygen atoms in total. The average molecular weight is 385 g/mol. The second kappa shape index (κ2) is 8.13. The van der Waals surface area contributed by atoms with Gasteiger partial charge in [0.1, 0.15) is 0 Å². The quantitative estimate of drug-likeness (QED) is 0.723.